The van der Waals surface area contributed by atoms with Crippen molar-refractivity contribution in [1.29, 1.82) is 0 Å². The van der Waals surface area contributed by atoms with Crippen molar-refractivity contribution in [3.05, 3.63) is 40.4 Å². The van der Waals surface area contributed by atoms with Crippen LogP contribution in [0.1, 0.15) is 5.56 Å². The number of nitrogens with zero attached hydrogens (tertiary/aromatic N) is 3. The van der Waals surface area contributed by atoms with Crippen LogP contribution >= 0.6 is 22.9 Å². The van der Waals surface area contributed by atoms with E-state index in [1.54, 1.807) is 11.3 Å². The SMILES string of the molecule is Cc1cccc(N2CCN(c3nc(Cl)cs3)CC2)c1. The van der Waals surface area contributed by atoms with Crippen LogP contribution in [0.15, 0.2) is 29.6 Å². The molecule has 0 aliphatic carbocycles. The first kappa shape index (κ1) is 12.8. The molecule has 1 fully saturated rings. The first-order chi connectivity index (χ1) is 9.22. The summed E-state index contributed by atoms with van der Waals surface area (Å²) in [6.45, 7) is 6.19. The number of rotatable bonds is 2. The van der Waals surface area contributed by atoms with E-state index >= 15 is 0 Å². The Bertz CT molecular complexity index is 561. The van der Waals surface area contributed by atoms with E-state index in [4.69, 9.17) is 11.6 Å². The van der Waals surface area contributed by atoms with Gasteiger partial charge in [0.25, 0.3) is 0 Å². The van der Waals surface area contributed by atoms with Crippen LogP contribution in [0.3, 0.4) is 0 Å². The quantitative estimate of drug-likeness (QED) is 0.846. The predicted molar refractivity (Wildman–Crippen MR) is 82.7 cm³/mol. The van der Waals surface area contributed by atoms with Gasteiger partial charge in [0.2, 0.25) is 0 Å². The summed E-state index contributed by atoms with van der Waals surface area (Å²) in [5, 5.41) is 3.53. The van der Waals surface area contributed by atoms with Gasteiger partial charge in [-0.15, -0.1) is 11.3 Å². The molecule has 0 bridgehead atoms. The summed E-state index contributed by atoms with van der Waals surface area (Å²) in [6, 6.07) is 8.69. The lowest BCUT2D eigenvalue weighted by molar-refractivity contribution is 0.652. The molecule has 5 heteroatoms. The normalized spacial score (nSPS) is 15.9. The van der Waals surface area contributed by atoms with E-state index in [0.717, 1.165) is 31.3 Å². The largest absolute Gasteiger partial charge is 0.368 e. The number of piperazine rings is 1. The summed E-state index contributed by atoms with van der Waals surface area (Å²) in [7, 11) is 0. The third-order valence-corrected chi connectivity index (χ3v) is 4.61. The third kappa shape index (κ3) is 2.85. The molecule has 0 amide bonds. The number of thiazole rings is 1. The molecule has 0 unspecified atom stereocenters. The van der Waals surface area contributed by atoms with Gasteiger partial charge in [-0.25, -0.2) is 4.98 Å². The molecular formula is C14H16ClN3S. The van der Waals surface area contributed by atoms with Crippen molar-refractivity contribution in [3.63, 3.8) is 0 Å². The molecule has 1 aromatic heterocycles. The molecule has 2 aromatic rings. The lowest BCUT2D eigenvalue weighted by Gasteiger charge is -2.36. The van der Waals surface area contributed by atoms with Crippen molar-refractivity contribution >= 4 is 33.8 Å². The zero-order valence-electron chi connectivity index (χ0n) is 10.8. The van der Waals surface area contributed by atoms with Crippen molar-refractivity contribution in [2.75, 3.05) is 36.0 Å². The summed E-state index contributed by atoms with van der Waals surface area (Å²) in [4.78, 5) is 9.08. The van der Waals surface area contributed by atoms with Crippen LogP contribution in [-0.2, 0) is 0 Å². The molecule has 1 aromatic carbocycles. The van der Waals surface area contributed by atoms with E-state index in [2.05, 4.69) is 46.0 Å². The van der Waals surface area contributed by atoms with E-state index in [1.807, 2.05) is 5.38 Å². The van der Waals surface area contributed by atoms with Gasteiger partial charge in [-0.1, -0.05) is 23.7 Å². The Hall–Kier alpha value is -1.26. The number of hydrogen-bond donors (Lipinski definition) is 0. The molecule has 0 radical (unpaired) electrons. The molecular weight excluding hydrogens is 278 g/mol. The standard InChI is InChI=1S/C14H16ClN3S/c1-11-3-2-4-12(9-11)17-5-7-18(8-6-17)14-16-13(15)10-19-14/h2-4,9-10H,5-8H2,1H3. The van der Waals surface area contributed by atoms with Crippen LogP contribution in [0.5, 0.6) is 0 Å². The Morgan fingerprint density at radius 2 is 1.89 bits per heavy atom. The molecule has 100 valence electrons. The minimum absolute atomic E-state index is 0.598. The van der Waals surface area contributed by atoms with E-state index in [1.165, 1.54) is 11.3 Å². The molecule has 1 saturated heterocycles. The van der Waals surface area contributed by atoms with Crippen molar-refractivity contribution in [1.82, 2.24) is 4.98 Å². The second kappa shape index (κ2) is 5.39. The Balaban J connectivity index is 1.66. The van der Waals surface area contributed by atoms with Gasteiger partial charge in [0, 0.05) is 37.2 Å². The molecule has 2 heterocycles. The zero-order valence-corrected chi connectivity index (χ0v) is 12.4. The van der Waals surface area contributed by atoms with E-state index in [9.17, 15) is 0 Å². The number of halogens is 1. The fraction of sp³-hybridized carbons (Fsp3) is 0.357. The summed E-state index contributed by atoms with van der Waals surface area (Å²) < 4.78 is 0. The molecule has 3 nitrogen and oxygen atoms in total. The molecule has 0 atom stereocenters. The Morgan fingerprint density at radius 1 is 1.16 bits per heavy atom. The molecule has 19 heavy (non-hydrogen) atoms. The third-order valence-electron chi connectivity index (χ3n) is 3.38. The zero-order chi connectivity index (χ0) is 13.2. The fourth-order valence-corrected chi connectivity index (χ4v) is 3.37. The molecule has 0 saturated carbocycles. The van der Waals surface area contributed by atoms with Gasteiger partial charge in [0.15, 0.2) is 5.13 Å². The van der Waals surface area contributed by atoms with Crippen LogP contribution in [0.25, 0.3) is 0 Å². The van der Waals surface area contributed by atoms with Crippen LogP contribution in [-0.4, -0.2) is 31.2 Å². The Kier molecular flexibility index (Phi) is 3.62. The van der Waals surface area contributed by atoms with Gasteiger partial charge >= 0.3 is 0 Å². The van der Waals surface area contributed by atoms with Crippen molar-refractivity contribution in [3.8, 4) is 0 Å². The average Bonchev–Trinajstić information content (AvgIpc) is 2.86. The summed E-state index contributed by atoms with van der Waals surface area (Å²) in [6.07, 6.45) is 0. The summed E-state index contributed by atoms with van der Waals surface area (Å²) in [5.74, 6) is 0. The number of anilines is 2. The fourth-order valence-electron chi connectivity index (χ4n) is 2.37. The van der Waals surface area contributed by atoms with Crippen LogP contribution < -0.4 is 9.80 Å². The minimum atomic E-state index is 0.598. The highest BCUT2D eigenvalue weighted by Gasteiger charge is 2.19. The Labute approximate surface area is 122 Å². The van der Waals surface area contributed by atoms with Gasteiger partial charge in [0.1, 0.15) is 5.15 Å². The highest BCUT2D eigenvalue weighted by atomic mass is 35.5. The molecule has 1 aliphatic heterocycles. The minimum Gasteiger partial charge on any atom is -0.368 e. The lowest BCUT2D eigenvalue weighted by atomic mass is 10.2. The number of benzene rings is 1. The van der Waals surface area contributed by atoms with Gasteiger partial charge in [-0.3, -0.25) is 0 Å². The smallest absolute Gasteiger partial charge is 0.186 e. The lowest BCUT2D eigenvalue weighted by Crippen LogP contribution is -2.46. The van der Waals surface area contributed by atoms with E-state index in [-0.39, 0.29) is 0 Å². The second-order valence-electron chi connectivity index (χ2n) is 4.77. The van der Waals surface area contributed by atoms with Crippen molar-refractivity contribution in [2.45, 2.75) is 6.92 Å². The van der Waals surface area contributed by atoms with Gasteiger partial charge in [0.05, 0.1) is 0 Å². The van der Waals surface area contributed by atoms with E-state index in [0.29, 0.717) is 5.15 Å². The first-order valence-corrected chi connectivity index (χ1v) is 7.66. The van der Waals surface area contributed by atoms with Crippen LogP contribution in [0.2, 0.25) is 5.15 Å². The number of hydrogen-bond acceptors (Lipinski definition) is 4. The number of aromatic nitrogens is 1. The van der Waals surface area contributed by atoms with Crippen LogP contribution in [0.4, 0.5) is 10.8 Å². The second-order valence-corrected chi connectivity index (χ2v) is 5.99. The highest BCUT2D eigenvalue weighted by molar-refractivity contribution is 7.14. The number of aryl methyl sites for hydroxylation is 1. The maximum Gasteiger partial charge on any atom is 0.186 e. The van der Waals surface area contributed by atoms with Crippen molar-refractivity contribution < 1.29 is 0 Å². The monoisotopic (exact) mass is 293 g/mol. The van der Waals surface area contributed by atoms with Gasteiger partial charge in [-0.05, 0) is 24.6 Å². The maximum atomic E-state index is 5.88. The Morgan fingerprint density at radius 3 is 2.53 bits per heavy atom. The van der Waals surface area contributed by atoms with Crippen molar-refractivity contribution in [2.24, 2.45) is 0 Å². The first-order valence-electron chi connectivity index (χ1n) is 6.40. The van der Waals surface area contributed by atoms with Gasteiger partial charge < -0.3 is 9.80 Å². The maximum absolute atomic E-state index is 5.88. The molecule has 0 N–H and O–H groups in total. The topological polar surface area (TPSA) is 19.4 Å². The molecule has 3 rings (SSSR count). The van der Waals surface area contributed by atoms with Gasteiger partial charge in [-0.2, -0.15) is 0 Å². The highest BCUT2D eigenvalue weighted by Crippen LogP contribution is 2.25. The molecule has 1 aliphatic rings. The molecule has 0 spiro atoms. The van der Waals surface area contributed by atoms with Crippen LogP contribution in [0, 0.1) is 6.92 Å². The predicted octanol–water partition coefficient (Wildman–Crippen LogP) is 3.43. The average molecular weight is 294 g/mol. The van der Waals surface area contributed by atoms with E-state index < -0.39 is 0 Å². The summed E-state index contributed by atoms with van der Waals surface area (Å²) in [5.41, 5.74) is 2.63. The summed E-state index contributed by atoms with van der Waals surface area (Å²) >= 11 is 7.50.